The molecule has 7 nitrogen and oxygen atoms in total. The molecule has 2 amide bonds. The summed E-state index contributed by atoms with van der Waals surface area (Å²) in [5, 5.41) is 3.72. The minimum atomic E-state index is -4.26. The first-order chi connectivity index (χ1) is 19.5. The number of benzene rings is 3. The molecule has 1 fully saturated rings. The molecule has 3 aromatic rings. The summed E-state index contributed by atoms with van der Waals surface area (Å²) in [5.41, 5.74) is 1.67. The lowest BCUT2D eigenvalue weighted by Gasteiger charge is -2.32. The molecule has 1 N–H and O–H groups in total. The molecule has 0 aliphatic heterocycles. The molecular weight excluding hydrogens is 605 g/mol. The van der Waals surface area contributed by atoms with E-state index in [-0.39, 0.29) is 39.1 Å². The zero-order chi connectivity index (χ0) is 29.7. The number of carbonyl (C=O) groups is 2. The summed E-state index contributed by atoms with van der Waals surface area (Å²) in [4.78, 5) is 28.7. The lowest BCUT2D eigenvalue weighted by molar-refractivity contribution is -0.139. The third-order valence-electron chi connectivity index (χ3n) is 7.22. The van der Waals surface area contributed by atoms with Gasteiger partial charge in [-0.05, 0) is 68.7 Å². The summed E-state index contributed by atoms with van der Waals surface area (Å²) in [6.07, 6.45) is 3.86. The average Bonchev–Trinajstić information content (AvgIpc) is 3.46. The summed E-state index contributed by atoms with van der Waals surface area (Å²) >= 11 is 18.8. The Labute approximate surface area is 256 Å². The molecule has 0 heterocycles. The summed E-state index contributed by atoms with van der Waals surface area (Å²) in [5.74, 6) is -0.881. The number of amides is 2. The van der Waals surface area contributed by atoms with E-state index in [1.165, 1.54) is 29.2 Å². The van der Waals surface area contributed by atoms with Crippen molar-refractivity contribution < 1.29 is 18.0 Å². The Bertz CT molecular complexity index is 1490. The number of halogens is 3. The van der Waals surface area contributed by atoms with Gasteiger partial charge in [-0.15, -0.1) is 0 Å². The van der Waals surface area contributed by atoms with Crippen LogP contribution < -0.4 is 9.62 Å². The van der Waals surface area contributed by atoms with E-state index in [4.69, 9.17) is 34.8 Å². The largest absolute Gasteiger partial charge is 0.352 e. The van der Waals surface area contributed by atoms with E-state index in [1.54, 1.807) is 49.4 Å². The van der Waals surface area contributed by atoms with E-state index in [2.05, 4.69) is 5.32 Å². The van der Waals surface area contributed by atoms with Crippen LogP contribution in [0.25, 0.3) is 0 Å². The lowest BCUT2D eigenvalue weighted by atomic mass is 10.1. The van der Waals surface area contributed by atoms with Crippen molar-refractivity contribution >= 4 is 62.3 Å². The maximum Gasteiger partial charge on any atom is 0.264 e. The summed E-state index contributed by atoms with van der Waals surface area (Å²) in [7, 11) is -4.26. The molecule has 11 heteroatoms. The number of hydrogen-bond donors (Lipinski definition) is 1. The van der Waals surface area contributed by atoms with Gasteiger partial charge in [0, 0.05) is 17.6 Å². The predicted molar refractivity (Wildman–Crippen MR) is 164 cm³/mol. The second-order valence-corrected chi connectivity index (χ2v) is 13.3. The Hall–Kier alpha value is -2.78. The van der Waals surface area contributed by atoms with Crippen molar-refractivity contribution in [2.24, 2.45) is 0 Å². The Balaban J connectivity index is 1.71. The third kappa shape index (κ3) is 7.55. The minimum Gasteiger partial charge on any atom is -0.352 e. The highest BCUT2D eigenvalue weighted by atomic mass is 35.5. The number of sulfonamides is 1. The summed E-state index contributed by atoms with van der Waals surface area (Å²) in [6, 6.07) is 17.0. The molecule has 4 rings (SSSR count). The van der Waals surface area contributed by atoms with Gasteiger partial charge in [0.15, 0.2) is 0 Å². The van der Waals surface area contributed by atoms with E-state index in [0.29, 0.717) is 5.02 Å². The van der Waals surface area contributed by atoms with Gasteiger partial charge in [0.25, 0.3) is 10.0 Å². The van der Waals surface area contributed by atoms with Gasteiger partial charge in [0.05, 0.1) is 20.6 Å². The average molecular weight is 637 g/mol. The molecule has 1 atom stereocenters. The second kappa shape index (κ2) is 13.5. The predicted octanol–water partition coefficient (Wildman–Crippen LogP) is 6.63. The summed E-state index contributed by atoms with van der Waals surface area (Å²) in [6.45, 7) is 2.95. The molecule has 0 unspecified atom stereocenters. The molecule has 218 valence electrons. The van der Waals surface area contributed by atoms with E-state index >= 15 is 0 Å². The highest BCUT2D eigenvalue weighted by Gasteiger charge is 2.34. The fourth-order valence-electron chi connectivity index (χ4n) is 4.80. The first-order valence-electron chi connectivity index (χ1n) is 13.3. The van der Waals surface area contributed by atoms with E-state index in [0.717, 1.165) is 41.1 Å². The van der Waals surface area contributed by atoms with Crippen LogP contribution in [0, 0.1) is 6.92 Å². The normalized spacial score (nSPS) is 14.5. The SMILES string of the molecule is Cc1ccc(S(=O)(=O)N(CC(=O)N(Cc2ccc(Cl)cc2)[C@@H](C)C(=O)NC2CCCC2)c2cccc(Cl)c2Cl)cc1. The van der Waals surface area contributed by atoms with Crippen molar-refractivity contribution in [3.05, 3.63) is 92.9 Å². The molecule has 0 bridgehead atoms. The molecule has 1 aliphatic carbocycles. The molecule has 0 spiro atoms. The molecule has 1 saturated carbocycles. The highest BCUT2D eigenvalue weighted by molar-refractivity contribution is 7.92. The first-order valence-corrected chi connectivity index (χ1v) is 15.9. The highest BCUT2D eigenvalue weighted by Crippen LogP contribution is 2.35. The van der Waals surface area contributed by atoms with Crippen LogP contribution in [0.3, 0.4) is 0 Å². The van der Waals surface area contributed by atoms with Crippen LogP contribution in [0.2, 0.25) is 15.1 Å². The molecule has 1 aliphatic rings. The summed E-state index contributed by atoms with van der Waals surface area (Å²) < 4.78 is 28.9. The number of hydrogen-bond acceptors (Lipinski definition) is 4. The Morgan fingerprint density at radius 3 is 2.22 bits per heavy atom. The van der Waals surface area contributed by atoms with Crippen LogP contribution >= 0.6 is 34.8 Å². The van der Waals surface area contributed by atoms with Gasteiger partial charge >= 0.3 is 0 Å². The van der Waals surface area contributed by atoms with Crippen molar-refractivity contribution in [3.63, 3.8) is 0 Å². The smallest absolute Gasteiger partial charge is 0.264 e. The Kier molecular flexibility index (Phi) is 10.2. The maximum atomic E-state index is 14.0. The number of carbonyl (C=O) groups excluding carboxylic acids is 2. The van der Waals surface area contributed by atoms with Crippen molar-refractivity contribution in [2.45, 2.75) is 63.1 Å². The van der Waals surface area contributed by atoms with Gasteiger partial charge in [-0.2, -0.15) is 0 Å². The standard InChI is InChI=1S/C30H32Cl3N3O4S/c1-20-10-16-25(17-11-20)41(39,40)36(27-9-5-8-26(32)29(27)33)19-28(37)35(18-22-12-14-23(31)15-13-22)21(2)30(38)34-24-6-3-4-7-24/h5,8-17,21,24H,3-4,6-7,18-19H2,1-2H3,(H,34,38)/t21-/m0/s1. The van der Waals surface area contributed by atoms with Crippen molar-refractivity contribution in [3.8, 4) is 0 Å². The molecule has 41 heavy (non-hydrogen) atoms. The molecule has 3 aromatic carbocycles. The molecule has 0 aromatic heterocycles. The van der Waals surface area contributed by atoms with E-state index in [1.807, 2.05) is 6.92 Å². The second-order valence-electron chi connectivity index (χ2n) is 10.2. The van der Waals surface area contributed by atoms with Crippen LogP contribution in [0.4, 0.5) is 5.69 Å². The lowest BCUT2D eigenvalue weighted by Crippen LogP contribution is -2.52. The first kappa shape index (κ1) is 31.2. The van der Waals surface area contributed by atoms with Crippen molar-refractivity contribution in [2.75, 3.05) is 10.8 Å². The Morgan fingerprint density at radius 2 is 1.59 bits per heavy atom. The van der Waals surface area contributed by atoms with Gasteiger partial charge in [-0.1, -0.05) is 83.5 Å². The van der Waals surface area contributed by atoms with E-state index in [9.17, 15) is 18.0 Å². The molecule has 0 saturated heterocycles. The van der Waals surface area contributed by atoms with Crippen LogP contribution in [-0.2, 0) is 26.2 Å². The van der Waals surface area contributed by atoms with Gasteiger partial charge in [0.1, 0.15) is 12.6 Å². The Morgan fingerprint density at radius 1 is 0.951 bits per heavy atom. The van der Waals surface area contributed by atoms with Crippen LogP contribution in [0.15, 0.2) is 71.6 Å². The fourth-order valence-corrected chi connectivity index (χ4v) is 6.80. The molecular formula is C30H32Cl3N3O4S. The minimum absolute atomic E-state index is 0.00562. The van der Waals surface area contributed by atoms with Gasteiger partial charge in [0.2, 0.25) is 11.8 Å². The van der Waals surface area contributed by atoms with Gasteiger partial charge < -0.3 is 10.2 Å². The number of nitrogens with one attached hydrogen (secondary N) is 1. The van der Waals surface area contributed by atoms with Crippen LogP contribution in [-0.4, -0.2) is 43.8 Å². The molecule has 0 radical (unpaired) electrons. The maximum absolute atomic E-state index is 14.0. The quantitative estimate of drug-likeness (QED) is 0.271. The van der Waals surface area contributed by atoms with Crippen LogP contribution in [0.5, 0.6) is 0 Å². The topological polar surface area (TPSA) is 86.8 Å². The number of nitrogens with zero attached hydrogens (tertiary/aromatic N) is 2. The fraction of sp³-hybridized carbons (Fsp3) is 0.333. The monoisotopic (exact) mass is 635 g/mol. The number of aryl methyl sites for hydroxylation is 1. The third-order valence-corrected chi connectivity index (χ3v) is 10.1. The van der Waals surface area contributed by atoms with Gasteiger partial charge in [-0.3, -0.25) is 13.9 Å². The van der Waals surface area contributed by atoms with Crippen LogP contribution in [0.1, 0.15) is 43.7 Å². The van der Waals surface area contributed by atoms with Gasteiger partial charge in [-0.25, -0.2) is 8.42 Å². The number of anilines is 1. The zero-order valence-corrected chi connectivity index (χ0v) is 25.9. The van der Waals surface area contributed by atoms with E-state index < -0.39 is 28.5 Å². The van der Waals surface area contributed by atoms with Crippen molar-refractivity contribution in [1.29, 1.82) is 0 Å². The zero-order valence-electron chi connectivity index (χ0n) is 22.8. The van der Waals surface area contributed by atoms with Crippen molar-refractivity contribution in [1.82, 2.24) is 10.2 Å². The number of rotatable bonds is 10.